The molecule has 2 aromatic heterocycles. The number of hydrogen-bond acceptors (Lipinski definition) is 10. The minimum absolute atomic E-state index is 0.0762. The van der Waals surface area contributed by atoms with Crippen LogP contribution in [0.4, 0.5) is 0 Å². The fourth-order valence-electron chi connectivity index (χ4n) is 5.54. The summed E-state index contributed by atoms with van der Waals surface area (Å²) < 4.78 is 17.9. The second-order valence-corrected chi connectivity index (χ2v) is 13.2. The number of rotatable bonds is 12. The molecule has 0 radical (unpaired) electrons. The van der Waals surface area contributed by atoms with Crippen LogP contribution in [0.25, 0.3) is 5.69 Å². The van der Waals surface area contributed by atoms with E-state index in [9.17, 15) is 9.59 Å². The number of aromatic nitrogens is 3. The van der Waals surface area contributed by atoms with Crippen LogP contribution in [0.1, 0.15) is 50.2 Å². The first kappa shape index (κ1) is 33.7. The van der Waals surface area contributed by atoms with Gasteiger partial charge in [-0.15, -0.1) is 21.5 Å². The van der Waals surface area contributed by atoms with Gasteiger partial charge in [0.25, 0.3) is 11.8 Å². The number of thiophene rings is 1. The Kier molecular flexibility index (Phi) is 10.3. The van der Waals surface area contributed by atoms with Crippen LogP contribution < -0.4 is 19.5 Å². The number of thioether (sulfide) groups is 1. The van der Waals surface area contributed by atoms with Crippen LogP contribution >= 0.6 is 23.1 Å². The Balaban J connectivity index is 1.26. The van der Waals surface area contributed by atoms with Crippen molar-refractivity contribution in [2.24, 2.45) is 5.10 Å². The van der Waals surface area contributed by atoms with Gasteiger partial charge in [0.2, 0.25) is 0 Å². The van der Waals surface area contributed by atoms with E-state index in [1.807, 2.05) is 78.4 Å². The SMILES string of the molecule is COc1ccc([C@H]2CC(c3cccs3)=NN2C(=O)CSc2nnc(CNC(=O)c3cc(OC)cc(OC)c3)n2-c2cccc(C)c2C)cc1. The normalized spacial score (nSPS) is 14.0. The van der Waals surface area contributed by atoms with E-state index in [0.29, 0.717) is 34.5 Å². The minimum atomic E-state index is -0.324. The molecule has 3 heterocycles. The van der Waals surface area contributed by atoms with Crippen molar-refractivity contribution in [3.63, 3.8) is 0 Å². The number of carbonyl (C=O) groups is 2. The zero-order valence-corrected chi connectivity index (χ0v) is 29.4. The van der Waals surface area contributed by atoms with Gasteiger partial charge in [0.05, 0.1) is 55.9 Å². The van der Waals surface area contributed by atoms with Crippen molar-refractivity contribution in [3.05, 3.63) is 111 Å². The van der Waals surface area contributed by atoms with Crippen LogP contribution in [-0.4, -0.2) is 64.4 Å². The third kappa shape index (κ3) is 7.32. The molecule has 2 amide bonds. The quantitative estimate of drug-likeness (QED) is 0.150. The zero-order valence-electron chi connectivity index (χ0n) is 27.8. The molecule has 1 aliphatic rings. The lowest BCUT2D eigenvalue weighted by molar-refractivity contribution is -0.130. The van der Waals surface area contributed by atoms with Crippen molar-refractivity contribution >= 4 is 40.6 Å². The number of methoxy groups -OCH3 is 3. The molecular formula is C36H36N6O5S2. The maximum Gasteiger partial charge on any atom is 0.253 e. The maximum absolute atomic E-state index is 13.9. The molecule has 252 valence electrons. The van der Waals surface area contributed by atoms with Crippen molar-refractivity contribution in [1.29, 1.82) is 0 Å². The van der Waals surface area contributed by atoms with Crippen LogP contribution in [0.5, 0.6) is 17.2 Å². The highest BCUT2D eigenvalue weighted by Crippen LogP contribution is 2.36. The van der Waals surface area contributed by atoms with E-state index in [4.69, 9.17) is 19.3 Å². The summed E-state index contributed by atoms with van der Waals surface area (Å²) in [4.78, 5) is 28.2. The summed E-state index contributed by atoms with van der Waals surface area (Å²) in [5.74, 6) is 1.87. The number of aryl methyl sites for hydroxylation is 1. The Labute approximate surface area is 292 Å². The Morgan fingerprint density at radius 2 is 1.65 bits per heavy atom. The van der Waals surface area contributed by atoms with E-state index in [1.165, 1.54) is 26.0 Å². The number of hydrogen-bond donors (Lipinski definition) is 1. The predicted molar refractivity (Wildman–Crippen MR) is 190 cm³/mol. The van der Waals surface area contributed by atoms with Crippen LogP contribution in [0.15, 0.2) is 88.4 Å². The molecule has 1 aliphatic heterocycles. The molecule has 11 nitrogen and oxygen atoms in total. The summed E-state index contributed by atoms with van der Waals surface area (Å²) in [6.07, 6.45) is 0.602. The Bertz CT molecular complexity index is 1970. The van der Waals surface area contributed by atoms with Gasteiger partial charge in [0, 0.05) is 18.1 Å². The van der Waals surface area contributed by atoms with Crippen LogP contribution in [0.3, 0.4) is 0 Å². The van der Waals surface area contributed by atoms with Gasteiger partial charge in [-0.25, -0.2) is 5.01 Å². The smallest absolute Gasteiger partial charge is 0.253 e. The molecule has 0 unspecified atom stereocenters. The van der Waals surface area contributed by atoms with Crippen molar-refractivity contribution in [2.75, 3.05) is 27.1 Å². The van der Waals surface area contributed by atoms with Crippen LogP contribution in [-0.2, 0) is 11.3 Å². The van der Waals surface area contributed by atoms with E-state index in [0.717, 1.165) is 38.7 Å². The van der Waals surface area contributed by atoms with Gasteiger partial charge in [-0.05, 0) is 72.3 Å². The molecule has 6 rings (SSSR count). The number of carbonyl (C=O) groups excluding carboxylic acids is 2. The Morgan fingerprint density at radius 3 is 2.33 bits per heavy atom. The first-order valence-corrected chi connectivity index (χ1v) is 17.4. The summed E-state index contributed by atoms with van der Waals surface area (Å²) in [6, 6.07) is 22.5. The zero-order chi connectivity index (χ0) is 34.5. The molecule has 1 N–H and O–H groups in total. The molecule has 0 bridgehead atoms. The fourth-order valence-corrected chi connectivity index (χ4v) is 7.08. The third-order valence-electron chi connectivity index (χ3n) is 8.33. The molecule has 0 spiro atoms. The molecular weight excluding hydrogens is 661 g/mol. The van der Waals surface area contributed by atoms with Crippen LogP contribution in [0, 0.1) is 13.8 Å². The third-order valence-corrected chi connectivity index (χ3v) is 10.2. The average Bonchev–Trinajstić information content (AvgIpc) is 3.91. The highest BCUT2D eigenvalue weighted by atomic mass is 32.2. The number of amides is 2. The molecule has 3 aromatic carbocycles. The highest BCUT2D eigenvalue weighted by molar-refractivity contribution is 7.99. The number of nitrogens with one attached hydrogen (secondary N) is 1. The van der Waals surface area contributed by atoms with Gasteiger partial charge < -0.3 is 19.5 Å². The van der Waals surface area contributed by atoms with Crippen molar-refractivity contribution in [2.45, 2.75) is 38.0 Å². The Hall–Kier alpha value is -5.14. The summed E-state index contributed by atoms with van der Waals surface area (Å²) in [7, 11) is 4.69. The summed E-state index contributed by atoms with van der Waals surface area (Å²) in [5, 5.41) is 20.8. The molecule has 0 aliphatic carbocycles. The van der Waals surface area contributed by atoms with E-state index < -0.39 is 0 Å². The lowest BCUT2D eigenvalue weighted by Gasteiger charge is -2.22. The van der Waals surface area contributed by atoms with Gasteiger partial charge in [-0.3, -0.25) is 14.2 Å². The summed E-state index contributed by atoms with van der Waals surface area (Å²) >= 11 is 2.88. The molecule has 5 aromatic rings. The summed E-state index contributed by atoms with van der Waals surface area (Å²) in [6.45, 7) is 4.15. The molecule has 0 saturated carbocycles. The van der Waals surface area contributed by atoms with Gasteiger partial charge in [0.1, 0.15) is 17.2 Å². The Morgan fingerprint density at radius 1 is 0.918 bits per heavy atom. The topological polar surface area (TPSA) is 120 Å². The average molecular weight is 697 g/mol. The van der Waals surface area contributed by atoms with Gasteiger partial charge in [-0.2, -0.15) is 5.10 Å². The van der Waals surface area contributed by atoms with Gasteiger partial charge >= 0.3 is 0 Å². The first-order chi connectivity index (χ1) is 23.8. The number of nitrogens with zero attached hydrogens (tertiary/aromatic N) is 5. The van der Waals surface area contributed by atoms with Gasteiger partial charge in [-0.1, -0.05) is 42.1 Å². The second kappa shape index (κ2) is 15.0. The molecule has 1 atom stereocenters. The van der Waals surface area contributed by atoms with Gasteiger partial charge in [0.15, 0.2) is 11.0 Å². The number of hydrazone groups is 1. The van der Waals surface area contributed by atoms with E-state index in [2.05, 4.69) is 15.5 Å². The van der Waals surface area contributed by atoms with Crippen molar-refractivity contribution < 1.29 is 23.8 Å². The fraction of sp³-hybridized carbons (Fsp3) is 0.250. The lowest BCUT2D eigenvalue weighted by Crippen LogP contribution is -2.28. The van der Waals surface area contributed by atoms with E-state index in [-0.39, 0.29) is 30.2 Å². The number of benzene rings is 3. The maximum atomic E-state index is 13.9. The van der Waals surface area contributed by atoms with E-state index >= 15 is 0 Å². The number of ether oxygens (including phenoxy) is 3. The van der Waals surface area contributed by atoms with Crippen molar-refractivity contribution in [3.8, 4) is 22.9 Å². The van der Waals surface area contributed by atoms with Crippen molar-refractivity contribution in [1.82, 2.24) is 25.1 Å². The lowest BCUT2D eigenvalue weighted by atomic mass is 10.0. The molecule has 49 heavy (non-hydrogen) atoms. The monoisotopic (exact) mass is 696 g/mol. The first-order valence-electron chi connectivity index (χ1n) is 15.5. The summed E-state index contributed by atoms with van der Waals surface area (Å²) in [5.41, 5.74) is 5.21. The predicted octanol–water partition coefficient (Wildman–Crippen LogP) is 6.37. The largest absolute Gasteiger partial charge is 0.497 e. The highest BCUT2D eigenvalue weighted by Gasteiger charge is 2.34. The van der Waals surface area contributed by atoms with E-state index in [1.54, 1.807) is 41.7 Å². The molecule has 13 heteroatoms. The second-order valence-electron chi connectivity index (χ2n) is 11.3. The standard InChI is InChI=1S/C36H36N6O5S2/c1-22-8-6-9-30(23(22)2)41-33(20-37-35(44)25-16-27(46-4)18-28(17-25)47-5)38-39-36(41)49-21-34(43)42-31(24-11-13-26(45-3)14-12-24)19-29(40-42)32-10-7-15-48-32/h6-18,31H,19-21H2,1-5H3,(H,37,44)/t31-/m1/s1. The molecule has 0 saturated heterocycles. The van der Waals surface area contributed by atoms with Crippen LogP contribution in [0.2, 0.25) is 0 Å². The minimum Gasteiger partial charge on any atom is -0.497 e. The molecule has 0 fully saturated rings.